The molecule has 1 aliphatic heterocycles. The summed E-state index contributed by atoms with van der Waals surface area (Å²) in [6.45, 7) is 3.89. The van der Waals surface area contributed by atoms with Gasteiger partial charge in [-0.3, -0.25) is 9.59 Å². The number of sulfonamides is 1. The van der Waals surface area contributed by atoms with Crippen molar-refractivity contribution in [3.8, 4) is 0 Å². The number of carbonyl (C=O) groups excluding carboxylic acids is 2. The molecule has 7 nitrogen and oxygen atoms in total. The maximum absolute atomic E-state index is 12.7. The highest BCUT2D eigenvalue weighted by molar-refractivity contribution is 7.92. The van der Waals surface area contributed by atoms with E-state index < -0.39 is 10.0 Å². The number of aryl methyl sites for hydroxylation is 1. The van der Waals surface area contributed by atoms with Crippen molar-refractivity contribution in [3.63, 3.8) is 0 Å². The molecule has 0 aliphatic carbocycles. The van der Waals surface area contributed by atoms with E-state index in [0.717, 1.165) is 11.1 Å². The minimum absolute atomic E-state index is 0.139. The second-order valence-electron chi connectivity index (χ2n) is 7.63. The molecular formula is C23H27N3O4S. The van der Waals surface area contributed by atoms with Crippen LogP contribution in [-0.4, -0.2) is 37.6 Å². The fraction of sp³-hybridized carbons (Fsp3) is 0.304. The Kier molecular flexibility index (Phi) is 7.25. The van der Waals surface area contributed by atoms with Crippen LogP contribution in [0.3, 0.4) is 0 Å². The monoisotopic (exact) mass is 441 g/mol. The lowest BCUT2D eigenvalue weighted by atomic mass is 9.97. The zero-order valence-corrected chi connectivity index (χ0v) is 18.5. The van der Waals surface area contributed by atoms with Crippen LogP contribution in [0.4, 0.5) is 11.4 Å². The quantitative estimate of drug-likeness (QED) is 0.716. The van der Waals surface area contributed by atoms with E-state index in [1.807, 2.05) is 43.3 Å². The molecule has 8 heteroatoms. The predicted molar refractivity (Wildman–Crippen MR) is 123 cm³/mol. The van der Waals surface area contributed by atoms with Gasteiger partial charge in [-0.05, 0) is 49.1 Å². The summed E-state index contributed by atoms with van der Waals surface area (Å²) >= 11 is 0. The van der Waals surface area contributed by atoms with E-state index in [2.05, 4.69) is 10.6 Å². The lowest BCUT2D eigenvalue weighted by molar-refractivity contribution is -0.121. The number of hydrogen-bond acceptors (Lipinski definition) is 4. The Labute approximate surface area is 183 Å². The number of hydrogen-bond donors (Lipinski definition) is 2. The molecule has 164 valence electrons. The second kappa shape index (κ2) is 9.89. The van der Waals surface area contributed by atoms with Gasteiger partial charge in [-0.1, -0.05) is 36.4 Å². The third-order valence-corrected chi connectivity index (χ3v) is 6.80. The highest BCUT2D eigenvalue weighted by Gasteiger charge is 2.30. The van der Waals surface area contributed by atoms with E-state index >= 15 is 0 Å². The highest BCUT2D eigenvalue weighted by Crippen LogP contribution is 2.25. The molecule has 0 spiro atoms. The van der Waals surface area contributed by atoms with E-state index in [4.69, 9.17) is 0 Å². The van der Waals surface area contributed by atoms with Crippen LogP contribution < -0.4 is 10.6 Å². The van der Waals surface area contributed by atoms with Gasteiger partial charge >= 0.3 is 0 Å². The predicted octanol–water partition coefficient (Wildman–Crippen LogP) is 3.60. The Balaban J connectivity index is 1.58. The largest absolute Gasteiger partial charge is 0.326 e. The SMILES string of the molecule is CC(=O)Nc1ccc(C)c(NC(=O)C2CCN(S(=O)(=O)/C=C/c3ccccc3)CC2)c1. The van der Waals surface area contributed by atoms with Crippen LogP contribution in [0.5, 0.6) is 0 Å². The van der Waals surface area contributed by atoms with Gasteiger partial charge < -0.3 is 10.6 Å². The van der Waals surface area contributed by atoms with Gasteiger partial charge in [0.25, 0.3) is 0 Å². The molecule has 2 aromatic carbocycles. The maximum Gasteiger partial charge on any atom is 0.236 e. The first-order valence-corrected chi connectivity index (χ1v) is 11.7. The topological polar surface area (TPSA) is 95.6 Å². The molecule has 1 heterocycles. The van der Waals surface area contributed by atoms with E-state index in [0.29, 0.717) is 37.3 Å². The van der Waals surface area contributed by atoms with Crippen LogP contribution in [0.2, 0.25) is 0 Å². The van der Waals surface area contributed by atoms with Crippen molar-refractivity contribution in [2.45, 2.75) is 26.7 Å². The van der Waals surface area contributed by atoms with E-state index in [-0.39, 0.29) is 17.7 Å². The van der Waals surface area contributed by atoms with Gasteiger partial charge in [0.2, 0.25) is 21.8 Å². The number of piperidine rings is 1. The van der Waals surface area contributed by atoms with Crippen molar-refractivity contribution < 1.29 is 18.0 Å². The second-order valence-corrected chi connectivity index (χ2v) is 9.45. The standard InChI is InChI=1S/C23H27N3O4S/c1-17-8-9-21(24-18(2)27)16-22(17)25-23(28)20-10-13-26(14-11-20)31(29,30)15-12-19-6-4-3-5-7-19/h3-9,12,15-16,20H,10-11,13-14H2,1-2H3,(H,24,27)(H,25,28)/b15-12+. The molecule has 2 N–H and O–H groups in total. The number of carbonyl (C=O) groups is 2. The van der Waals surface area contributed by atoms with Gasteiger partial charge in [-0.25, -0.2) is 8.42 Å². The van der Waals surface area contributed by atoms with Crippen molar-refractivity contribution in [1.29, 1.82) is 0 Å². The number of rotatable bonds is 6. The molecule has 0 saturated carbocycles. The Morgan fingerprint density at radius 2 is 1.71 bits per heavy atom. The molecule has 0 bridgehead atoms. The van der Waals surface area contributed by atoms with Gasteiger partial charge in [0.15, 0.2) is 0 Å². The van der Waals surface area contributed by atoms with Crippen molar-refractivity contribution in [3.05, 3.63) is 65.1 Å². The van der Waals surface area contributed by atoms with Crippen LogP contribution in [0, 0.1) is 12.8 Å². The molecule has 0 radical (unpaired) electrons. The first kappa shape index (κ1) is 22.7. The van der Waals surface area contributed by atoms with Gasteiger partial charge in [0.1, 0.15) is 0 Å². The molecule has 0 atom stereocenters. The summed E-state index contributed by atoms with van der Waals surface area (Å²) in [4.78, 5) is 24.0. The van der Waals surface area contributed by atoms with Crippen LogP contribution in [0.25, 0.3) is 6.08 Å². The van der Waals surface area contributed by atoms with Crippen LogP contribution >= 0.6 is 0 Å². The maximum atomic E-state index is 12.7. The minimum Gasteiger partial charge on any atom is -0.326 e. The normalized spacial score (nSPS) is 15.7. The number of nitrogens with zero attached hydrogens (tertiary/aromatic N) is 1. The molecule has 3 rings (SSSR count). The number of anilines is 2. The molecule has 2 amide bonds. The third kappa shape index (κ3) is 6.26. The summed E-state index contributed by atoms with van der Waals surface area (Å²) in [5.41, 5.74) is 2.95. The third-order valence-electron chi connectivity index (χ3n) is 5.23. The molecule has 1 aliphatic rings. The van der Waals surface area contributed by atoms with Crippen molar-refractivity contribution >= 4 is 39.3 Å². The first-order valence-electron chi connectivity index (χ1n) is 10.2. The summed E-state index contributed by atoms with van der Waals surface area (Å²) in [7, 11) is -3.53. The lowest BCUT2D eigenvalue weighted by Crippen LogP contribution is -2.40. The van der Waals surface area contributed by atoms with Crippen molar-refractivity contribution in [1.82, 2.24) is 4.31 Å². The zero-order chi connectivity index (χ0) is 22.4. The molecular weight excluding hydrogens is 414 g/mol. The number of amides is 2. The zero-order valence-electron chi connectivity index (χ0n) is 17.7. The molecule has 31 heavy (non-hydrogen) atoms. The molecule has 0 unspecified atom stereocenters. The first-order chi connectivity index (χ1) is 14.7. The molecule has 2 aromatic rings. The van der Waals surface area contributed by atoms with Crippen molar-refractivity contribution in [2.75, 3.05) is 23.7 Å². The fourth-order valence-electron chi connectivity index (χ4n) is 3.46. The number of benzene rings is 2. The molecule has 1 saturated heterocycles. The summed E-state index contributed by atoms with van der Waals surface area (Å²) < 4.78 is 26.6. The highest BCUT2D eigenvalue weighted by atomic mass is 32.2. The summed E-state index contributed by atoms with van der Waals surface area (Å²) in [5, 5.41) is 6.84. The Morgan fingerprint density at radius 1 is 1.03 bits per heavy atom. The summed E-state index contributed by atoms with van der Waals surface area (Å²) in [6.07, 6.45) is 2.49. The van der Waals surface area contributed by atoms with Crippen LogP contribution in [0.15, 0.2) is 53.9 Å². The van der Waals surface area contributed by atoms with Crippen LogP contribution in [-0.2, 0) is 19.6 Å². The van der Waals surface area contributed by atoms with Gasteiger partial charge in [0, 0.05) is 42.7 Å². The van der Waals surface area contributed by atoms with Gasteiger partial charge in [0.05, 0.1) is 0 Å². The summed E-state index contributed by atoms with van der Waals surface area (Å²) in [5.74, 6) is -0.593. The van der Waals surface area contributed by atoms with Gasteiger partial charge in [-0.15, -0.1) is 0 Å². The Bertz CT molecular complexity index is 1070. The Hall–Kier alpha value is -2.97. The van der Waals surface area contributed by atoms with Crippen molar-refractivity contribution in [2.24, 2.45) is 5.92 Å². The molecule has 1 fully saturated rings. The summed E-state index contributed by atoms with van der Waals surface area (Å²) in [6, 6.07) is 14.6. The van der Waals surface area contributed by atoms with E-state index in [9.17, 15) is 18.0 Å². The van der Waals surface area contributed by atoms with Gasteiger partial charge in [-0.2, -0.15) is 4.31 Å². The number of nitrogens with one attached hydrogen (secondary N) is 2. The minimum atomic E-state index is -3.53. The lowest BCUT2D eigenvalue weighted by Gasteiger charge is -2.29. The average molecular weight is 442 g/mol. The fourth-order valence-corrected chi connectivity index (χ4v) is 4.68. The van der Waals surface area contributed by atoms with E-state index in [1.165, 1.54) is 16.6 Å². The van der Waals surface area contributed by atoms with E-state index in [1.54, 1.807) is 18.2 Å². The Morgan fingerprint density at radius 3 is 2.35 bits per heavy atom. The smallest absolute Gasteiger partial charge is 0.236 e. The molecule has 0 aromatic heterocycles. The average Bonchev–Trinajstić information content (AvgIpc) is 2.75. The van der Waals surface area contributed by atoms with Crippen LogP contribution in [0.1, 0.15) is 30.9 Å².